The zero-order valence-corrected chi connectivity index (χ0v) is 12.6. The van der Waals surface area contributed by atoms with Crippen molar-refractivity contribution in [2.75, 3.05) is 24.6 Å². The molecule has 0 aromatic heterocycles. The van der Waals surface area contributed by atoms with Crippen LogP contribution in [0.3, 0.4) is 0 Å². The Morgan fingerprint density at radius 3 is 3.06 bits per heavy atom. The van der Waals surface area contributed by atoms with Gasteiger partial charge in [-0.1, -0.05) is 13.0 Å². The number of thioether (sulfide) groups is 1. The van der Waals surface area contributed by atoms with Gasteiger partial charge < -0.3 is 5.73 Å². The molecule has 2 rings (SSSR count). The van der Waals surface area contributed by atoms with E-state index in [0.717, 1.165) is 22.0 Å². The van der Waals surface area contributed by atoms with Crippen LogP contribution in [0, 0.1) is 0 Å². The maximum absolute atomic E-state index is 5.91. The predicted octanol–water partition coefficient (Wildman–Crippen LogP) is 3.36. The van der Waals surface area contributed by atoms with Gasteiger partial charge >= 0.3 is 0 Å². The number of hydrogen-bond acceptors (Lipinski definition) is 3. The van der Waals surface area contributed by atoms with Crippen molar-refractivity contribution < 1.29 is 0 Å². The number of halogens is 1. The Morgan fingerprint density at radius 2 is 2.35 bits per heavy atom. The summed E-state index contributed by atoms with van der Waals surface area (Å²) in [5.74, 6) is 1.25. The van der Waals surface area contributed by atoms with Gasteiger partial charge in [0.1, 0.15) is 0 Å². The average Bonchev–Trinajstić information content (AvgIpc) is 2.34. The molecule has 94 valence electrons. The van der Waals surface area contributed by atoms with Crippen LogP contribution in [0.1, 0.15) is 18.9 Å². The van der Waals surface area contributed by atoms with E-state index in [1.807, 2.05) is 6.07 Å². The summed E-state index contributed by atoms with van der Waals surface area (Å²) in [7, 11) is 0. The fourth-order valence-corrected chi connectivity index (χ4v) is 3.62. The van der Waals surface area contributed by atoms with E-state index in [1.165, 1.54) is 30.8 Å². The van der Waals surface area contributed by atoms with E-state index >= 15 is 0 Å². The van der Waals surface area contributed by atoms with Gasteiger partial charge in [0.05, 0.1) is 0 Å². The number of nitrogens with zero attached hydrogens (tertiary/aromatic N) is 1. The molecule has 0 amide bonds. The normalized spacial score (nSPS) is 21.6. The Morgan fingerprint density at radius 1 is 1.53 bits per heavy atom. The highest BCUT2D eigenvalue weighted by Crippen LogP contribution is 2.24. The molecule has 0 aliphatic carbocycles. The van der Waals surface area contributed by atoms with Crippen LogP contribution in [0.2, 0.25) is 0 Å². The quantitative estimate of drug-likeness (QED) is 0.867. The van der Waals surface area contributed by atoms with Crippen molar-refractivity contribution in [3.63, 3.8) is 0 Å². The topological polar surface area (TPSA) is 29.3 Å². The molecule has 2 N–H and O–H groups in total. The van der Waals surface area contributed by atoms with Crippen LogP contribution in [0.4, 0.5) is 5.69 Å². The molecule has 0 spiro atoms. The lowest BCUT2D eigenvalue weighted by molar-refractivity contribution is 0.273. The zero-order chi connectivity index (χ0) is 12.3. The second-order valence-electron chi connectivity index (χ2n) is 4.49. The Bertz CT molecular complexity index is 384. The first-order chi connectivity index (χ1) is 8.19. The third kappa shape index (κ3) is 3.63. The molecule has 1 aromatic carbocycles. The molecule has 1 atom stereocenters. The van der Waals surface area contributed by atoms with E-state index < -0.39 is 0 Å². The number of nitrogen functional groups attached to an aromatic ring is 1. The standard InChI is InChI=1S/C13H19BrN2S/c1-2-11-9-16(5-6-17-11)8-10-3-4-12(14)13(15)7-10/h3-4,7,11H,2,5-6,8-9,15H2,1H3. The van der Waals surface area contributed by atoms with Gasteiger partial charge in [-0.25, -0.2) is 0 Å². The molecule has 1 aromatic rings. The van der Waals surface area contributed by atoms with Gasteiger partial charge in [-0.05, 0) is 40.0 Å². The molecule has 4 heteroatoms. The van der Waals surface area contributed by atoms with Gasteiger partial charge in [0, 0.05) is 40.8 Å². The first-order valence-electron chi connectivity index (χ1n) is 6.07. The Balaban J connectivity index is 1.97. The van der Waals surface area contributed by atoms with Gasteiger partial charge in [0.15, 0.2) is 0 Å². The van der Waals surface area contributed by atoms with Crippen LogP contribution in [-0.2, 0) is 6.54 Å². The van der Waals surface area contributed by atoms with Crippen molar-refractivity contribution in [2.45, 2.75) is 25.1 Å². The van der Waals surface area contributed by atoms with Gasteiger partial charge in [0.25, 0.3) is 0 Å². The van der Waals surface area contributed by atoms with Gasteiger partial charge in [-0.15, -0.1) is 0 Å². The maximum atomic E-state index is 5.91. The molecular weight excluding hydrogens is 296 g/mol. The van der Waals surface area contributed by atoms with Crippen LogP contribution in [0.5, 0.6) is 0 Å². The molecule has 0 saturated carbocycles. The summed E-state index contributed by atoms with van der Waals surface area (Å²) in [5.41, 5.74) is 8.06. The van der Waals surface area contributed by atoms with Crippen LogP contribution in [0.25, 0.3) is 0 Å². The Kier molecular flexibility index (Phi) is 4.77. The van der Waals surface area contributed by atoms with Crippen molar-refractivity contribution in [1.82, 2.24) is 4.90 Å². The lowest BCUT2D eigenvalue weighted by Crippen LogP contribution is -2.37. The smallest absolute Gasteiger partial charge is 0.0461 e. The average molecular weight is 315 g/mol. The summed E-state index contributed by atoms with van der Waals surface area (Å²) in [6, 6.07) is 6.27. The van der Waals surface area contributed by atoms with Gasteiger partial charge in [-0.2, -0.15) is 11.8 Å². The fourth-order valence-electron chi connectivity index (χ4n) is 2.12. The number of anilines is 1. The fraction of sp³-hybridized carbons (Fsp3) is 0.538. The van der Waals surface area contributed by atoms with Crippen LogP contribution in [0.15, 0.2) is 22.7 Å². The molecule has 1 aliphatic rings. The van der Waals surface area contributed by atoms with Crippen molar-refractivity contribution in [1.29, 1.82) is 0 Å². The van der Waals surface area contributed by atoms with Crippen molar-refractivity contribution >= 4 is 33.4 Å². The van der Waals surface area contributed by atoms with Gasteiger partial charge in [0.2, 0.25) is 0 Å². The van der Waals surface area contributed by atoms with Crippen molar-refractivity contribution in [3.8, 4) is 0 Å². The summed E-state index contributed by atoms with van der Waals surface area (Å²) in [6.45, 7) is 5.70. The third-order valence-electron chi connectivity index (χ3n) is 3.14. The van der Waals surface area contributed by atoms with Crippen molar-refractivity contribution in [3.05, 3.63) is 28.2 Å². The molecule has 1 heterocycles. The Hall–Kier alpha value is -0.190. The van der Waals surface area contributed by atoms with E-state index in [2.05, 4.69) is 51.6 Å². The van der Waals surface area contributed by atoms with Gasteiger partial charge in [-0.3, -0.25) is 4.90 Å². The monoisotopic (exact) mass is 314 g/mol. The van der Waals surface area contributed by atoms with E-state index in [9.17, 15) is 0 Å². The minimum atomic E-state index is 0.802. The second kappa shape index (κ2) is 6.12. The lowest BCUT2D eigenvalue weighted by atomic mass is 10.2. The van der Waals surface area contributed by atoms with Crippen molar-refractivity contribution in [2.24, 2.45) is 0 Å². The molecule has 1 unspecified atom stereocenters. The van der Waals surface area contributed by atoms with E-state index in [1.54, 1.807) is 0 Å². The van der Waals surface area contributed by atoms with E-state index in [0.29, 0.717) is 0 Å². The third-order valence-corrected chi connectivity index (χ3v) is 5.24. The summed E-state index contributed by atoms with van der Waals surface area (Å²) >= 11 is 5.54. The SMILES string of the molecule is CCC1CN(Cc2ccc(Br)c(N)c2)CCS1. The molecule has 1 fully saturated rings. The highest BCUT2D eigenvalue weighted by Gasteiger charge is 2.18. The van der Waals surface area contributed by atoms with E-state index in [4.69, 9.17) is 5.73 Å². The minimum absolute atomic E-state index is 0.802. The number of nitrogens with two attached hydrogens (primary N) is 1. The second-order valence-corrected chi connectivity index (χ2v) is 6.75. The first kappa shape index (κ1) is 13.2. The molecule has 1 aliphatic heterocycles. The maximum Gasteiger partial charge on any atom is 0.0461 e. The Labute approximate surface area is 116 Å². The highest BCUT2D eigenvalue weighted by atomic mass is 79.9. The zero-order valence-electron chi connectivity index (χ0n) is 10.2. The minimum Gasteiger partial charge on any atom is -0.398 e. The van der Waals surface area contributed by atoms with Crippen LogP contribution in [-0.4, -0.2) is 29.0 Å². The van der Waals surface area contributed by atoms with Crippen LogP contribution < -0.4 is 5.73 Å². The molecule has 0 bridgehead atoms. The largest absolute Gasteiger partial charge is 0.398 e. The lowest BCUT2D eigenvalue weighted by Gasteiger charge is -2.31. The van der Waals surface area contributed by atoms with E-state index in [-0.39, 0.29) is 0 Å². The first-order valence-corrected chi connectivity index (χ1v) is 7.91. The summed E-state index contributed by atoms with van der Waals surface area (Å²) in [4.78, 5) is 2.54. The predicted molar refractivity (Wildman–Crippen MR) is 80.4 cm³/mol. The summed E-state index contributed by atoms with van der Waals surface area (Å²) < 4.78 is 0.988. The molecule has 1 saturated heterocycles. The number of rotatable bonds is 3. The summed E-state index contributed by atoms with van der Waals surface area (Å²) in [5, 5.41) is 0.802. The summed E-state index contributed by atoms with van der Waals surface area (Å²) in [6.07, 6.45) is 1.27. The molecule has 2 nitrogen and oxygen atoms in total. The molecule has 17 heavy (non-hydrogen) atoms. The molecule has 0 radical (unpaired) electrons. The number of benzene rings is 1. The highest BCUT2D eigenvalue weighted by molar-refractivity contribution is 9.10. The van der Waals surface area contributed by atoms with Crippen LogP contribution >= 0.6 is 27.7 Å². The number of hydrogen-bond donors (Lipinski definition) is 1. The molecular formula is C13H19BrN2S.